The summed E-state index contributed by atoms with van der Waals surface area (Å²) in [5, 5.41) is 1.000. The molecule has 0 spiro atoms. The Morgan fingerprint density at radius 3 is 2.62 bits per heavy atom. The molecule has 8 heteroatoms. The van der Waals surface area contributed by atoms with E-state index in [0.29, 0.717) is 36.6 Å². The molecule has 1 aliphatic heterocycles. The second-order valence-corrected chi connectivity index (χ2v) is 8.35. The number of fused-ring (bicyclic) bond motifs is 1. The van der Waals surface area contributed by atoms with E-state index in [2.05, 4.69) is 9.88 Å². The standard InChI is InChI=1S/C21H25N3O4S/c1-27-17-8-3-5-14(19(17)28-2)21(26)24-11-9-23(10-12-24)13-18-22-15-6-4-7-16(25)20(15)29-18/h3,5,8H,4,6-7,9-13H2,1-2H3. The van der Waals surface area contributed by atoms with E-state index in [1.165, 1.54) is 11.3 Å². The zero-order valence-corrected chi connectivity index (χ0v) is 17.6. The van der Waals surface area contributed by atoms with E-state index in [-0.39, 0.29) is 11.7 Å². The average molecular weight is 416 g/mol. The smallest absolute Gasteiger partial charge is 0.257 e. The van der Waals surface area contributed by atoms with Crippen LogP contribution in [0.2, 0.25) is 0 Å². The maximum absolute atomic E-state index is 13.0. The highest BCUT2D eigenvalue weighted by Crippen LogP contribution is 2.32. The Morgan fingerprint density at radius 1 is 1.14 bits per heavy atom. The molecule has 0 atom stereocenters. The fourth-order valence-corrected chi connectivity index (χ4v) is 5.03. The van der Waals surface area contributed by atoms with Crippen molar-refractivity contribution in [2.75, 3.05) is 40.4 Å². The molecule has 1 saturated heterocycles. The van der Waals surface area contributed by atoms with Crippen LogP contribution in [0.25, 0.3) is 0 Å². The summed E-state index contributed by atoms with van der Waals surface area (Å²) >= 11 is 1.54. The van der Waals surface area contributed by atoms with Gasteiger partial charge >= 0.3 is 0 Å². The van der Waals surface area contributed by atoms with Gasteiger partial charge in [-0.15, -0.1) is 11.3 Å². The van der Waals surface area contributed by atoms with Crippen LogP contribution in [0.5, 0.6) is 11.5 Å². The maximum Gasteiger partial charge on any atom is 0.257 e. The normalized spacial score (nSPS) is 17.2. The first-order valence-corrected chi connectivity index (χ1v) is 10.7. The average Bonchev–Trinajstić information content (AvgIpc) is 3.17. The van der Waals surface area contributed by atoms with E-state index in [1.54, 1.807) is 32.4 Å². The predicted molar refractivity (Wildman–Crippen MR) is 110 cm³/mol. The summed E-state index contributed by atoms with van der Waals surface area (Å²) < 4.78 is 10.7. The third kappa shape index (κ3) is 4.00. The number of ketones is 1. The quantitative estimate of drug-likeness (QED) is 0.748. The number of rotatable bonds is 5. The monoisotopic (exact) mass is 415 g/mol. The molecule has 1 aliphatic carbocycles. The minimum atomic E-state index is -0.0456. The molecule has 0 N–H and O–H groups in total. The molecule has 1 fully saturated rings. The number of nitrogens with zero attached hydrogens (tertiary/aromatic N) is 3. The number of para-hydroxylation sites is 1. The molecule has 7 nitrogen and oxygen atoms in total. The molecule has 4 rings (SSSR count). The number of methoxy groups -OCH3 is 2. The summed E-state index contributed by atoms with van der Waals surface area (Å²) in [5.41, 5.74) is 1.49. The largest absolute Gasteiger partial charge is 0.493 e. The molecule has 0 unspecified atom stereocenters. The van der Waals surface area contributed by atoms with Crippen LogP contribution in [0.4, 0.5) is 0 Å². The number of thiazole rings is 1. The van der Waals surface area contributed by atoms with Gasteiger partial charge in [-0.3, -0.25) is 14.5 Å². The summed E-state index contributed by atoms with van der Waals surface area (Å²) in [6.45, 7) is 3.56. The molecular weight excluding hydrogens is 390 g/mol. The van der Waals surface area contributed by atoms with Gasteiger partial charge in [0.1, 0.15) is 5.01 Å². The highest BCUT2D eigenvalue weighted by Gasteiger charge is 2.27. The zero-order chi connectivity index (χ0) is 20.4. The predicted octanol–water partition coefficient (Wildman–Crippen LogP) is 2.64. The van der Waals surface area contributed by atoms with Crippen molar-refractivity contribution in [3.63, 3.8) is 0 Å². The molecule has 0 saturated carbocycles. The highest BCUT2D eigenvalue weighted by atomic mass is 32.1. The fourth-order valence-electron chi connectivity index (χ4n) is 3.91. The molecule has 2 heterocycles. The lowest BCUT2D eigenvalue weighted by Gasteiger charge is -2.34. The number of carbonyl (C=O) groups is 2. The van der Waals surface area contributed by atoms with Gasteiger partial charge in [0.15, 0.2) is 17.3 Å². The third-order valence-corrected chi connectivity index (χ3v) is 6.59. The first-order chi connectivity index (χ1) is 14.1. The molecule has 2 aliphatic rings. The Morgan fingerprint density at radius 2 is 1.93 bits per heavy atom. The van der Waals surface area contributed by atoms with Gasteiger partial charge in [-0.2, -0.15) is 0 Å². The van der Waals surface area contributed by atoms with Gasteiger partial charge in [-0.05, 0) is 25.0 Å². The molecule has 154 valence electrons. The molecule has 1 amide bonds. The summed E-state index contributed by atoms with van der Waals surface area (Å²) in [6, 6.07) is 5.36. The van der Waals surface area contributed by atoms with Crippen LogP contribution in [0, 0.1) is 0 Å². The number of aromatic nitrogens is 1. The Labute approximate surface area is 174 Å². The van der Waals surface area contributed by atoms with Crippen molar-refractivity contribution in [3.8, 4) is 11.5 Å². The molecule has 1 aromatic heterocycles. The van der Waals surface area contributed by atoms with E-state index < -0.39 is 0 Å². The van der Waals surface area contributed by atoms with Crippen LogP contribution in [-0.2, 0) is 13.0 Å². The molecular formula is C21H25N3O4S. The van der Waals surface area contributed by atoms with E-state index in [9.17, 15) is 9.59 Å². The van der Waals surface area contributed by atoms with Crippen LogP contribution in [0.1, 0.15) is 43.6 Å². The van der Waals surface area contributed by atoms with Gasteiger partial charge in [0.05, 0.1) is 36.9 Å². The van der Waals surface area contributed by atoms with Crippen LogP contribution >= 0.6 is 11.3 Å². The van der Waals surface area contributed by atoms with Crippen molar-refractivity contribution in [2.45, 2.75) is 25.8 Å². The van der Waals surface area contributed by atoms with Gasteiger partial charge in [0.25, 0.3) is 5.91 Å². The first kappa shape index (κ1) is 19.8. The SMILES string of the molecule is COc1cccc(C(=O)N2CCN(Cc3nc4c(s3)C(=O)CCC4)CC2)c1OC. The lowest BCUT2D eigenvalue weighted by molar-refractivity contribution is 0.0624. The van der Waals surface area contributed by atoms with Crippen molar-refractivity contribution in [1.82, 2.24) is 14.8 Å². The molecule has 29 heavy (non-hydrogen) atoms. The molecule has 1 aromatic carbocycles. The molecule has 2 aromatic rings. The number of aryl methyl sites for hydroxylation is 1. The van der Waals surface area contributed by atoms with E-state index in [4.69, 9.17) is 9.47 Å². The highest BCUT2D eigenvalue weighted by molar-refractivity contribution is 7.13. The lowest BCUT2D eigenvalue weighted by atomic mass is 10.0. The zero-order valence-electron chi connectivity index (χ0n) is 16.8. The topological polar surface area (TPSA) is 72.0 Å². The minimum absolute atomic E-state index is 0.0456. The van der Waals surface area contributed by atoms with Crippen molar-refractivity contribution < 1.29 is 19.1 Å². The number of hydrogen-bond donors (Lipinski definition) is 0. The van der Waals surface area contributed by atoms with Gasteiger partial charge < -0.3 is 14.4 Å². The fraction of sp³-hybridized carbons (Fsp3) is 0.476. The Kier molecular flexibility index (Phi) is 5.82. The van der Waals surface area contributed by atoms with Crippen LogP contribution in [-0.4, -0.2) is 66.9 Å². The number of ether oxygens (including phenoxy) is 2. The minimum Gasteiger partial charge on any atom is -0.493 e. The van der Waals surface area contributed by atoms with Gasteiger partial charge in [0.2, 0.25) is 0 Å². The van der Waals surface area contributed by atoms with Gasteiger partial charge in [-0.1, -0.05) is 6.07 Å². The Bertz CT molecular complexity index is 919. The second kappa shape index (κ2) is 8.51. The van der Waals surface area contributed by atoms with E-state index >= 15 is 0 Å². The van der Waals surface area contributed by atoms with Crippen molar-refractivity contribution in [2.24, 2.45) is 0 Å². The maximum atomic E-state index is 13.0. The number of Topliss-reactive ketones (excluding diaryl/α,β-unsaturated/α-hetero) is 1. The van der Waals surface area contributed by atoms with Crippen LogP contribution in [0.3, 0.4) is 0 Å². The second-order valence-electron chi connectivity index (χ2n) is 7.27. The summed E-state index contributed by atoms with van der Waals surface area (Å²) in [7, 11) is 3.11. The number of amides is 1. The number of hydrogen-bond acceptors (Lipinski definition) is 7. The number of carbonyl (C=O) groups excluding carboxylic acids is 2. The summed E-state index contributed by atoms with van der Waals surface area (Å²) in [4.78, 5) is 34.7. The van der Waals surface area contributed by atoms with E-state index in [0.717, 1.165) is 48.1 Å². The van der Waals surface area contributed by atoms with Crippen molar-refractivity contribution in [3.05, 3.63) is 39.3 Å². The molecule has 0 bridgehead atoms. The van der Waals surface area contributed by atoms with Crippen LogP contribution < -0.4 is 9.47 Å². The third-order valence-electron chi connectivity index (χ3n) is 5.46. The van der Waals surface area contributed by atoms with Crippen molar-refractivity contribution in [1.29, 1.82) is 0 Å². The summed E-state index contributed by atoms with van der Waals surface area (Å²) in [6.07, 6.45) is 2.45. The Balaban J connectivity index is 1.39. The van der Waals surface area contributed by atoms with Crippen LogP contribution in [0.15, 0.2) is 18.2 Å². The molecule has 0 radical (unpaired) electrons. The first-order valence-electron chi connectivity index (χ1n) is 9.85. The van der Waals surface area contributed by atoms with Crippen molar-refractivity contribution >= 4 is 23.0 Å². The van der Waals surface area contributed by atoms with Gasteiger partial charge in [0, 0.05) is 32.6 Å². The number of piperazine rings is 1. The lowest BCUT2D eigenvalue weighted by Crippen LogP contribution is -2.48. The van der Waals surface area contributed by atoms with E-state index in [1.807, 2.05) is 4.90 Å². The Hall–Kier alpha value is -2.45. The summed E-state index contributed by atoms with van der Waals surface area (Å²) in [5.74, 6) is 1.22. The number of benzene rings is 1. The van der Waals surface area contributed by atoms with Gasteiger partial charge in [-0.25, -0.2) is 4.98 Å².